The minimum atomic E-state index is 0.755. The molecule has 1 N–H and O–H groups in total. The second kappa shape index (κ2) is 9.28. The molecule has 1 rings (SSSR count). The number of nitrogens with zero attached hydrogens (tertiary/aromatic N) is 2. The Morgan fingerprint density at radius 2 is 2.00 bits per heavy atom. The monoisotopic (exact) mass is 285 g/mol. The van der Waals surface area contributed by atoms with Crippen LogP contribution >= 0.6 is 11.3 Å². The average molecular weight is 285 g/mol. The SMILES string of the molecule is CCCc1nc(N(CC)CC)sc1CNCCOC. The number of rotatable bonds is 10. The van der Waals surface area contributed by atoms with Gasteiger partial charge in [-0.1, -0.05) is 13.3 Å². The molecule has 0 saturated carbocycles. The molecular weight excluding hydrogens is 258 g/mol. The molecule has 19 heavy (non-hydrogen) atoms. The van der Waals surface area contributed by atoms with Gasteiger partial charge in [0, 0.05) is 38.2 Å². The lowest BCUT2D eigenvalue weighted by molar-refractivity contribution is 0.199. The summed E-state index contributed by atoms with van der Waals surface area (Å²) in [6.45, 7) is 11.2. The van der Waals surface area contributed by atoms with Gasteiger partial charge in [0.2, 0.25) is 0 Å². The molecule has 4 nitrogen and oxygen atoms in total. The van der Waals surface area contributed by atoms with Crippen molar-refractivity contribution in [1.82, 2.24) is 10.3 Å². The first-order valence-corrected chi connectivity index (χ1v) is 8.01. The van der Waals surface area contributed by atoms with Gasteiger partial charge in [0.05, 0.1) is 12.3 Å². The number of hydrogen-bond donors (Lipinski definition) is 1. The van der Waals surface area contributed by atoms with E-state index in [9.17, 15) is 0 Å². The van der Waals surface area contributed by atoms with E-state index in [-0.39, 0.29) is 0 Å². The molecule has 0 unspecified atom stereocenters. The Morgan fingerprint density at radius 3 is 2.58 bits per heavy atom. The molecule has 0 radical (unpaired) electrons. The average Bonchev–Trinajstić information content (AvgIpc) is 2.80. The summed E-state index contributed by atoms with van der Waals surface area (Å²) in [5, 5.41) is 4.58. The van der Waals surface area contributed by atoms with Gasteiger partial charge in [-0.05, 0) is 20.3 Å². The topological polar surface area (TPSA) is 37.4 Å². The van der Waals surface area contributed by atoms with Crippen molar-refractivity contribution in [3.05, 3.63) is 10.6 Å². The van der Waals surface area contributed by atoms with Gasteiger partial charge in [0.15, 0.2) is 5.13 Å². The summed E-state index contributed by atoms with van der Waals surface area (Å²) in [5.41, 5.74) is 1.26. The van der Waals surface area contributed by atoms with Crippen LogP contribution in [-0.4, -0.2) is 38.3 Å². The lowest BCUT2D eigenvalue weighted by Gasteiger charge is -2.16. The Balaban J connectivity index is 2.70. The van der Waals surface area contributed by atoms with Crippen LogP contribution in [0.2, 0.25) is 0 Å². The fourth-order valence-electron chi connectivity index (χ4n) is 1.95. The van der Waals surface area contributed by atoms with Crippen LogP contribution in [0.25, 0.3) is 0 Å². The number of anilines is 1. The highest BCUT2D eigenvalue weighted by Gasteiger charge is 2.13. The van der Waals surface area contributed by atoms with E-state index in [2.05, 4.69) is 31.0 Å². The quantitative estimate of drug-likeness (QED) is 0.671. The molecule has 1 aromatic heterocycles. The van der Waals surface area contributed by atoms with Crippen LogP contribution in [0, 0.1) is 0 Å². The second-order valence-corrected chi connectivity index (χ2v) is 5.52. The predicted molar refractivity (Wildman–Crippen MR) is 83.3 cm³/mol. The van der Waals surface area contributed by atoms with Crippen LogP contribution in [0.15, 0.2) is 0 Å². The third-order valence-corrected chi connectivity index (χ3v) is 4.21. The van der Waals surface area contributed by atoms with Crippen molar-refractivity contribution in [2.24, 2.45) is 0 Å². The highest BCUT2D eigenvalue weighted by Crippen LogP contribution is 2.27. The zero-order valence-corrected chi connectivity index (χ0v) is 13.5. The Hall–Kier alpha value is -0.650. The van der Waals surface area contributed by atoms with E-state index in [1.54, 1.807) is 7.11 Å². The summed E-state index contributed by atoms with van der Waals surface area (Å²) in [6, 6.07) is 0. The van der Waals surface area contributed by atoms with E-state index >= 15 is 0 Å². The number of ether oxygens (including phenoxy) is 1. The summed E-state index contributed by atoms with van der Waals surface area (Å²) >= 11 is 1.83. The number of nitrogens with one attached hydrogen (secondary N) is 1. The van der Waals surface area contributed by atoms with Gasteiger partial charge in [-0.2, -0.15) is 0 Å². The molecule has 1 heterocycles. The number of thiazole rings is 1. The van der Waals surface area contributed by atoms with E-state index in [0.717, 1.165) is 50.8 Å². The third-order valence-electron chi connectivity index (χ3n) is 3.06. The van der Waals surface area contributed by atoms with E-state index in [1.807, 2.05) is 11.3 Å². The van der Waals surface area contributed by atoms with Gasteiger partial charge >= 0.3 is 0 Å². The molecule has 0 amide bonds. The third kappa shape index (κ3) is 5.09. The normalized spacial score (nSPS) is 10.9. The lowest BCUT2D eigenvalue weighted by atomic mass is 10.2. The fourth-order valence-corrected chi connectivity index (χ4v) is 3.15. The van der Waals surface area contributed by atoms with Crippen molar-refractivity contribution in [2.75, 3.05) is 38.3 Å². The Bertz CT molecular complexity index is 350. The molecule has 0 spiro atoms. The van der Waals surface area contributed by atoms with Gasteiger partial charge in [-0.15, -0.1) is 11.3 Å². The van der Waals surface area contributed by atoms with Crippen LogP contribution in [0.4, 0.5) is 5.13 Å². The van der Waals surface area contributed by atoms with Gasteiger partial charge in [0.1, 0.15) is 0 Å². The van der Waals surface area contributed by atoms with Crippen LogP contribution in [0.3, 0.4) is 0 Å². The zero-order chi connectivity index (χ0) is 14.1. The van der Waals surface area contributed by atoms with E-state index < -0.39 is 0 Å². The van der Waals surface area contributed by atoms with Gasteiger partial charge in [0.25, 0.3) is 0 Å². The van der Waals surface area contributed by atoms with E-state index in [4.69, 9.17) is 9.72 Å². The fraction of sp³-hybridized carbons (Fsp3) is 0.786. The maximum atomic E-state index is 5.05. The summed E-state index contributed by atoms with van der Waals surface area (Å²) in [5.74, 6) is 0. The van der Waals surface area contributed by atoms with Crippen molar-refractivity contribution in [3.8, 4) is 0 Å². The van der Waals surface area contributed by atoms with Gasteiger partial charge < -0.3 is 15.0 Å². The van der Waals surface area contributed by atoms with Crippen molar-refractivity contribution < 1.29 is 4.74 Å². The molecule has 0 fully saturated rings. The molecule has 0 saturated heterocycles. The summed E-state index contributed by atoms with van der Waals surface area (Å²) in [7, 11) is 1.73. The first-order valence-electron chi connectivity index (χ1n) is 7.19. The van der Waals surface area contributed by atoms with Crippen molar-refractivity contribution in [2.45, 2.75) is 40.2 Å². The summed E-state index contributed by atoms with van der Waals surface area (Å²) in [6.07, 6.45) is 2.21. The molecule has 0 aliphatic rings. The number of aryl methyl sites for hydroxylation is 1. The van der Waals surface area contributed by atoms with Crippen molar-refractivity contribution >= 4 is 16.5 Å². The smallest absolute Gasteiger partial charge is 0.185 e. The van der Waals surface area contributed by atoms with E-state index in [1.165, 1.54) is 10.6 Å². The van der Waals surface area contributed by atoms with Crippen LogP contribution in [0.5, 0.6) is 0 Å². The van der Waals surface area contributed by atoms with Crippen molar-refractivity contribution in [3.63, 3.8) is 0 Å². The summed E-state index contributed by atoms with van der Waals surface area (Å²) < 4.78 is 5.05. The first-order chi connectivity index (χ1) is 9.26. The Kier molecular flexibility index (Phi) is 8.02. The molecule has 0 atom stereocenters. The first kappa shape index (κ1) is 16.4. The summed E-state index contributed by atoms with van der Waals surface area (Å²) in [4.78, 5) is 8.51. The highest BCUT2D eigenvalue weighted by atomic mass is 32.1. The molecule has 0 bridgehead atoms. The molecule has 0 aliphatic carbocycles. The van der Waals surface area contributed by atoms with Crippen molar-refractivity contribution in [1.29, 1.82) is 0 Å². The van der Waals surface area contributed by atoms with Gasteiger partial charge in [-0.3, -0.25) is 0 Å². The molecule has 0 aliphatic heterocycles. The standard InChI is InChI=1S/C14H27N3OS/c1-5-8-12-13(11-15-9-10-18-4)19-14(16-12)17(6-2)7-3/h15H,5-11H2,1-4H3. The zero-order valence-electron chi connectivity index (χ0n) is 12.7. The minimum absolute atomic E-state index is 0.755. The maximum absolute atomic E-state index is 5.05. The lowest BCUT2D eigenvalue weighted by Crippen LogP contribution is -2.21. The van der Waals surface area contributed by atoms with E-state index in [0.29, 0.717) is 0 Å². The second-order valence-electron chi connectivity index (χ2n) is 4.46. The number of methoxy groups -OCH3 is 1. The molecular formula is C14H27N3OS. The molecule has 1 aromatic rings. The largest absolute Gasteiger partial charge is 0.383 e. The number of hydrogen-bond acceptors (Lipinski definition) is 5. The Labute approximate surface area is 121 Å². The molecule has 5 heteroatoms. The Morgan fingerprint density at radius 1 is 1.26 bits per heavy atom. The predicted octanol–water partition coefficient (Wildman–Crippen LogP) is 2.68. The van der Waals surface area contributed by atoms with Crippen LogP contribution < -0.4 is 10.2 Å². The van der Waals surface area contributed by atoms with Gasteiger partial charge in [-0.25, -0.2) is 4.98 Å². The van der Waals surface area contributed by atoms with Crippen LogP contribution in [-0.2, 0) is 17.7 Å². The highest BCUT2D eigenvalue weighted by molar-refractivity contribution is 7.15. The molecule has 0 aromatic carbocycles. The van der Waals surface area contributed by atoms with Crippen LogP contribution in [0.1, 0.15) is 37.8 Å². The minimum Gasteiger partial charge on any atom is -0.383 e. The number of aromatic nitrogens is 1. The molecule has 110 valence electrons. The maximum Gasteiger partial charge on any atom is 0.185 e.